The second-order valence-electron chi connectivity index (χ2n) is 4.77. The van der Waals surface area contributed by atoms with E-state index < -0.39 is 0 Å². The molecule has 0 atom stereocenters. The van der Waals surface area contributed by atoms with E-state index in [1.165, 1.54) is 5.56 Å². The molecule has 0 spiro atoms. The van der Waals surface area contributed by atoms with Crippen LogP contribution in [-0.2, 0) is 0 Å². The number of nitrogens with zero attached hydrogens (tertiary/aromatic N) is 1. The molecule has 1 N–H and O–H groups in total. The van der Waals surface area contributed by atoms with Crippen LogP contribution in [0.15, 0.2) is 24.3 Å². The molecule has 0 unspecified atom stereocenters. The highest BCUT2D eigenvalue weighted by Gasteiger charge is 2.13. The Kier molecular flexibility index (Phi) is 8.42. The molecular formula is C15H28NO2+. The number of hydrogen-bond donors (Lipinski definition) is 1. The number of benzene rings is 1. The summed E-state index contributed by atoms with van der Waals surface area (Å²) in [6.45, 7) is 8.61. The lowest BCUT2D eigenvalue weighted by atomic mass is 10.2. The topological polar surface area (TPSA) is 29.5 Å². The summed E-state index contributed by atoms with van der Waals surface area (Å²) in [5, 5.41) is 8.90. The van der Waals surface area contributed by atoms with Gasteiger partial charge in [-0.15, -0.1) is 0 Å². The van der Waals surface area contributed by atoms with Gasteiger partial charge in [0, 0.05) is 0 Å². The zero-order valence-electron chi connectivity index (χ0n) is 12.4. The summed E-state index contributed by atoms with van der Waals surface area (Å²) in [5.74, 6) is 0.920. The van der Waals surface area contributed by atoms with E-state index in [9.17, 15) is 0 Å². The molecule has 3 nitrogen and oxygen atoms in total. The summed E-state index contributed by atoms with van der Waals surface area (Å²) in [4.78, 5) is 0. The normalized spacial score (nSPS) is 10.6. The van der Waals surface area contributed by atoms with E-state index in [2.05, 4.69) is 27.1 Å². The van der Waals surface area contributed by atoms with E-state index in [1.807, 2.05) is 32.0 Å². The molecule has 0 aromatic heterocycles. The number of ether oxygens (including phenoxy) is 1. The highest BCUT2D eigenvalue weighted by molar-refractivity contribution is 5.27. The van der Waals surface area contributed by atoms with Gasteiger partial charge < -0.3 is 14.3 Å². The summed E-state index contributed by atoms with van der Waals surface area (Å²) < 4.78 is 6.45. The molecule has 0 aliphatic carbocycles. The molecule has 0 amide bonds. The molecule has 0 bridgehead atoms. The quantitative estimate of drug-likeness (QED) is 0.790. The van der Waals surface area contributed by atoms with Crippen LogP contribution < -0.4 is 4.74 Å². The van der Waals surface area contributed by atoms with Crippen LogP contribution in [0.4, 0.5) is 0 Å². The van der Waals surface area contributed by atoms with E-state index in [-0.39, 0.29) is 6.61 Å². The molecule has 104 valence electrons. The maximum atomic E-state index is 8.90. The molecule has 0 radical (unpaired) electrons. The number of quaternary nitrogens is 1. The summed E-state index contributed by atoms with van der Waals surface area (Å²) in [5.41, 5.74) is 1.21. The predicted molar refractivity (Wildman–Crippen MR) is 77.0 cm³/mol. The Hall–Kier alpha value is -1.06. The van der Waals surface area contributed by atoms with Crippen LogP contribution in [0, 0.1) is 6.92 Å². The number of rotatable bonds is 6. The van der Waals surface area contributed by atoms with Gasteiger partial charge in [-0.3, -0.25) is 0 Å². The zero-order valence-corrected chi connectivity index (χ0v) is 12.4. The van der Waals surface area contributed by atoms with E-state index in [0.717, 1.165) is 23.3 Å². The van der Waals surface area contributed by atoms with Crippen molar-refractivity contribution in [2.45, 2.75) is 20.8 Å². The van der Waals surface area contributed by atoms with Crippen molar-refractivity contribution >= 4 is 0 Å². The summed E-state index contributed by atoms with van der Waals surface area (Å²) in [6, 6.07) is 8.06. The van der Waals surface area contributed by atoms with Gasteiger partial charge in [-0.25, -0.2) is 0 Å². The van der Waals surface area contributed by atoms with Crippen LogP contribution in [0.25, 0.3) is 0 Å². The fourth-order valence-electron chi connectivity index (χ4n) is 1.50. The van der Waals surface area contributed by atoms with Crippen molar-refractivity contribution in [3.63, 3.8) is 0 Å². The Morgan fingerprint density at radius 3 is 2.39 bits per heavy atom. The Balaban J connectivity index is 0.00000137. The van der Waals surface area contributed by atoms with E-state index in [1.54, 1.807) is 0 Å². The van der Waals surface area contributed by atoms with Gasteiger partial charge in [0.25, 0.3) is 0 Å². The second-order valence-corrected chi connectivity index (χ2v) is 4.77. The highest BCUT2D eigenvalue weighted by Crippen LogP contribution is 2.12. The second kappa shape index (κ2) is 8.95. The first-order valence-corrected chi connectivity index (χ1v) is 6.66. The highest BCUT2D eigenvalue weighted by atomic mass is 16.5. The number of aryl methyl sites for hydroxylation is 1. The molecule has 0 heterocycles. The molecule has 0 aliphatic heterocycles. The van der Waals surface area contributed by atoms with Crippen LogP contribution in [0.2, 0.25) is 0 Å². The molecule has 0 fully saturated rings. The van der Waals surface area contributed by atoms with Crippen LogP contribution in [0.3, 0.4) is 0 Å². The van der Waals surface area contributed by atoms with E-state index >= 15 is 0 Å². The van der Waals surface area contributed by atoms with Gasteiger partial charge in [0.15, 0.2) is 0 Å². The van der Waals surface area contributed by atoms with Gasteiger partial charge in [-0.1, -0.05) is 26.0 Å². The van der Waals surface area contributed by atoms with Crippen molar-refractivity contribution in [3.8, 4) is 5.75 Å². The summed E-state index contributed by atoms with van der Waals surface area (Å²) in [6.07, 6.45) is 0. The minimum absolute atomic E-state index is 0.220. The van der Waals surface area contributed by atoms with Crippen molar-refractivity contribution in [3.05, 3.63) is 29.8 Å². The minimum Gasteiger partial charge on any atom is -0.488 e. The van der Waals surface area contributed by atoms with Gasteiger partial charge in [0.2, 0.25) is 0 Å². The van der Waals surface area contributed by atoms with Crippen LogP contribution in [0.1, 0.15) is 19.4 Å². The van der Waals surface area contributed by atoms with Gasteiger partial charge in [0.1, 0.15) is 25.4 Å². The molecule has 1 aromatic rings. The van der Waals surface area contributed by atoms with Crippen LogP contribution >= 0.6 is 0 Å². The molecule has 3 heteroatoms. The lowest BCUT2D eigenvalue weighted by molar-refractivity contribution is -0.890. The number of aliphatic hydroxyl groups excluding tert-OH is 1. The summed E-state index contributed by atoms with van der Waals surface area (Å²) in [7, 11) is 4.19. The van der Waals surface area contributed by atoms with Crippen LogP contribution in [-0.4, -0.2) is 50.0 Å². The molecule has 18 heavy (non-hydrogen) atoms. The largest absolute Gasteiger partial charge is 0.488 e. The first-order valence-electron chi connectivity index (χ1n) is 6.66. The van der Waals surface area contributed by atoms with Gasteiger partial charge in [-0.2, -0.15) is 0 Å². The third kappa shape index (κ3) is 7.30. The van der Waals surface area contributed by atoms with Crippen molar-refractivity contribution in [1.29, 1.82) is 0 Å². The van der Waals surface area contributed by atoms with E-state index in [0.29, 0.717) is 6.61 Å². The predicted octanol–water partition coefficient (Wildman–Crippen LogP) is 2.47. The molecule has 1 rings (SSSR count). The number of likely N-dealkylation sites (N-methyl/N-ethyl adjacent to an activating group) is 1. The number of aliphatic hydroxyl groups is 1. The van der Waals surface area contributed by atoms with Gasteiger partial charge in [-0.05, 0) is 24.6 Å². The fraction of sp³-hybridized carbons (Fsp3) is 0.600. The maximum absolute atomic E-state index is 8.90. The third-order valence-corrected chi connectivity index (χ3v) is 2.66. The molecular weight excluding hydrogens is 226 g/mol. The monoisotopic (exact) mass is 254 g/mol. The van der Waals surface area contributed by atoms with Crippen molar-refractivity contribution < 1.29 is 14.3 Å². The molecule has 1 aromatic carbocycles. The smallest absolute Gasteiger partial charge is 0.137 e. The zero-order chi connectivity index (χ0) is 14.0. The molecule has 0 saturated heterocycles. The Morgan fingerprint density at radius 2 is 1.83 bits per heavy atom. The Morgan fingerprint density at radius 1 is 1.17 bits per heavy atom. The van der Waals surface area contributed by atoms with Gasteiger partial charge in [0.05, 0.1) is 20.7 Å². The minimum atomic E-state index is 0.220. The van der Waals surface area contributed by atoms with Crippen molar-refractivity contribution in [2.24, 2.45) is 0 Å². The first-order chi connectivity index (χ1) is 8.53. The lowest BCUT2D eigenvalue weighted by Gasteiger charge is -2.28. The molecule has 0 saturated carbocycles. The average molecular weight is 254 g/mol. The van der Waals surface area contributed by atoms with Crippen molar-refractivity contribution in [2.75, 3.05) is 40.4 Å². The standard InChI is InChI=1S/C13H22NO2.C2H6/c1-12-5-4-6-13(11-12)16-10-8-14(2,3)7-9-15;1-2/h4-6,11,15H,7-10H2,1-3H3;1-2H3/q+1;. The van der Waals surface area contributed by atoms with E-state index in [4.69, 9.17) is 9.84 Å². The average Bonchev–Trinajstić information content (AvgIpc) is 2.31. The fourth-order valence-corrected chi connectivity index (χ4v) is 1.50. The first kappa shape index (κ1) is 16.9. The Labute approximate surface area is 112 Å². The van der Waals surface area contributed by atoms with Gasteiger partial charge >= 0.3 is 0 Å². The Bertz CT molecular complexity index is 324. The molecule has 0 aliphatic rings. The van der Waals surface area contributed by atoms with Crippen LogP contribution in [0.5, 0.6) is 5.75 Å². The summed E-state index contributed by atoms with van der Waals surface area (Å²) >= 11 is 0. The third-order valence-electron chi connectivity index (χ3n) is 2.66. The number of hydrogen-bond acceptors (Lipinski definition) is 2. The SMILES string of the molecule is CC.Cc1cccc(OCC[N+](C)(C)CCO)c1. The van der Waals surface area contributed by atoms with Crippen molar-refractivity contribution in [1.82, 2.24) is 0 Å². The maximum Gasteiger partial charge on any atom is 0.137 e. The lowest BCUT2D eigenvalue weighted by Crippen LogP contribution is -2.44.